The summed E-state index contributed by atoms with van der Waals surface area (Å²) in [7, 11) is 1.84. The minimum absolute atomic E-state index is 0. The third-order valence-electron chi connectivity index (χ3n) is 2.30. The summed E-state index contributed by atoms with van der Waals surface area (Å²) in [6.45, 7) is 5.22. The smallest absolute Gasteiger partial charge is 0.224 e. The summed E-state index contributed by atoms with van der Waals surface area (Å²) in [5, 5.41) is 8.99. The molecule has 0 bridgehead atoms. The zero-order chi connectivity index (χ0) is 12.0. The van der Waals surface area contributed by atoms with E-state index in [4.69, 9.17) is 0 Å². The molecule has 0 aliphatic heterocycles. The van der Waals surface area contributed by atoms with E-state index in [-0.39, 0.29) is 36.6 Å². The third kappa shape index (κ3) is 6.54. The van der Waals surface area contributed by atoms with Crippen molar-refractivity contribution in [2.75, 3.05) is 13.6 Å². The standard InChI is InChI=1S/C11H19N3OS.2ClH/c1-4-10-14-9(7-16-10)6-13-11(15)8(2)5-12-3;;/h7-8,12H,4-6H2,1-3H3,(H,13,15);2*1H. The highest BCUT2D eigenvalue weighted by molar-refractivity contribution is 7.09. The number of carbonyl (C=O) groups is 1. The Hall–Kier alpha value is -0.360. The van der Waals surface area contributed by atoms with Crippen LogP contribution >= 0.6 is 36.2 Å². The molecule has 0 aromatic carbocycles. The second-order valence-electron chi connectivity index (χ2n) is 3.76. The van der Waals surface area contributed by atoms with Crippen molar-refractivity contribution < 1.29 is 4.79 Å². The molecule has 4 nitrogen and oxygen atoms in total. The fraction of sp³-hybridized carbons (Fsp3) is 0.636. The Kier molecular flexibility index (Phi) is 11.7. The Morgan fingerprint density at radius 2 is 2.17 bits per heavy atom. The van der Waals surface area contributed by atoms with Crippen molar-refractivity contribution in [3.05, 3.63) is 16.1 Å². The maximum absolute atomic E-state index is 11.6. The molecule has 1 heterocycles. The molecule has 0 aliphatic carbocycles. The van der Waals surface area contributed by atoms with Gasteiger partial charge in [-0.1, -0.05) is 13.8 Å². The lowest BCUT2D eigenvalue weighted by Crippen LogP contribution is -2.33. The van der Waals surface area contributed by atoms with Crippen molar-refractivity contribution in [1.82, 2.24) is 15.6 Å². The monoisotopic (exact) mass is 313 g/mol. The number of nitrogens with one attached hydrogen (secondary N) is 2. The molecule has 18 heavy (non-hydrogen) atoms. The predicted octanol–water partition coefficient (Wildman–Crippen LogP) is 2.02. The first-order valence-corrected chi connectivity index (χ1v) is 6.41. The Morgan fingerprint density at radius 1 is 1.50 bits per heavy atom. The zero-order valence-electron chi connectivity index (χ0n) is 10.9. The molecule has 106 valence electrons. The molecule has 0 saturated carbocycles. The summed E-state index contributed by atoms with van der Waals surface area (Å²) in [6.07, 6.45) is 0.953. The molecule has 7 heteroatoms. The lowest BCUT2D eigenvalue weighted by Gasteiger charge is -2.10. The van der Waals surface area contributed by atoms with Gasteiger partial charge in [0.15, 0.2) is 0 Å². The van der Waals surface area contributed by atoms with Crippen LogP contribution in [0.1, 0.15) is 24.5 Å². The van der Waals surface area contributed by atoms with Crippen molar-refractivity contribution in [2.45, 2.75) is 26.8 Å². The summed E-state index contributed by atoms with van der Waals surface area (Å²) < 4.78 is 0. The Labute approximate surface area is 125 Å². The van der Waals surface area contributed by atoms with Crippen LogP contribution < -0.4 is 10.6 Å². The predicted molar refractivity (Wildman–Crippen MR) is 80.9 cm³/mol. The van der Waals surface area contributed by atoms with Gasteiger partial charge in [-0.2, -0.15) is 0 Å². The molecular weight excluding hydrogens is 293 g/mol. The van der Waals surface area contributed by atoms with Crippen molar-refractivity contribution in [2.24, 2.45) is 5.92 Å². The fourth-order valence-corrected chi connectivity index (χ4v) is 2.09. The van der Waals surface area contributed by atoms with Gasteiger partial charge in [-0.3, -0.25) is 4.79 Å². The number of thiazole rings is 1. The number of aryl methyl sites for hydroxylation is 1. The fourth-order valence-electron chi connectivity index (χ4n) is 1.34. The Balaban J connectivity index is 0. The first-order valence-electron chi connectivity index (χ1n) is 5.53. The summed E-state index contributed by atoms with van der Waals surface area (Å²) in [5.41, 5.74) is 0.951. The normalized spacial score (nSPS) is 11.1. The number of amides is 1. The topological polar surface area (TPSA) is 54.0 Å². The Morgan fingerprint density at radius 3 is 2.67 bits per heavy atom. The molecule has 0 radical (unpaired) electrons. The molecule has 2 N–H and O–H groups in total. The largest absolute Gasteiger partial charge is 0.350 e. The Bertz CT molecular complexity index is 347. The number of rotatable bonds is 6. The van der Waals surface area contributed by atoms with Crippen LogP contribution in [0.4, 0.5) is 0 Å². The first-order chi connectivity index (χ1) is 7.67. The maximum Gasteiger partial charge on any atom is 0.224 e. The molecule has 1 rings (SSSR count). The molecule has 0 fully saturated rings. The van der Waals surface area contributed by atoms with Crippen molar-refractivity contribution in [3.63, 3.8) is 0 Å². The minimum Gasteiger partial charge on any atom is -0.350 e. The van der Waals surface area contributed by atoms with Crippen LogP contribution in [-0.4, -0.2) is 24.5 Å². The van der Waals surface area contributed by atoms with E-state index < -0.39 is 0 Å². The van der Waals surface area contributed by atoms with Gasteiger partial charge in [0.05, 0.1) is 17.2 Å². The van der Waals surface area contributed by atoms with Crippen molar-refractivity contribution in [1.29, 1.82) is 0 Å². The van der Waals surface area contributed by atoms with E-state index in [2.05, 4.69) is 22.5 Å². The maximum atomic E-state index is 11.6. The molecule has 1 unspecified atom stereocenters. The van der Waals surface area contributed by atoms with Gasteiger partial charge < -0.3 is 10.6 Å². The van der Waals surface area contributed by atoms with E-state index in [1.165, 1.54) is 0 Å². The number of carbonyl (C=O) groups excluding carboxylic acids is 1. The highest BCUT2D eigenvalue weighted by Crippen LogP contribution is 2.09. The molecule has 1 amide bonds. The highest BCUT2D eigenvalue weighted by atomic mass is 35.5. The molecule has 1 aromatic heterocycles. The van der Waals surface area contributed by atoms with Crippen LogP contribution in [0.5, 0.6) is 0 Å². The van der Waals surface area contributed by atoms with Crippen LogP contribution in [-0.2, 0) is 17.8 Å². The van der Waals surface area contributed by atoms with Crippen LogP contribution in [0.15, 0.2) is 5.38 Å². The van der Waals surface area contributed by atoms with Crippen molar-refractivity contribution in [3.8, 4) is 0 Å². The van der Waals surface area contributed by atoms with Gasteiger partial charge in [0.1, 0.15) is 0 Å². The van der Waals surface area contributed by atoms with Gasteiger partial charge in [-0.15, -0.1) is 36.2 Å². The van der Waals surface area contributed by atoms with Crippen LogP contribution in [0.3, 0.4) is 0 Å². The summed E-state index contributed by atoms with van der Waals surface area (Å²) in [4.78, 5) is 16.0. The molecule has 0 saturated heterocycles. The lowest BCUT2D eigenvalue weighted by atomic mass is 10.1. The number of aromatic nitrogens is 1. The van der Waals surface area contributed by atoms with Gasteiger partial charge in [-0.05, 0) is 13.5 Å². The van der Waals surface area contributed by atoms with E-state index in [1.807, 2.05) is 19.4 Å². The lowest BCUT2D eigenvalue weighted by molar-refractivity contribution is -0.124. The van der Waals surface area contributed by atoms with Crippen LogP contribution in [0.2, 0.25) is 0 Å². The van der Waals surface area contributed by atoms with Crippen LogP contribution in [0, 0.1) is 5.92 Å². The van der Waals surface area contributed by atoms with Gasteiger partial charge in [0, 0.05) is 17.8 Å². The van der Waals surface area contributed by atoms with E-state index in [0.29, 0.717) is 13.1 Å². The van der Waals surface area contributed by atoms with Crippen LogP contribution in [0.25, 0.3) is 0 Å². The van der Waals surface area contributed by atoms with Gasteiger partial charge >= 0.3 is 0 Å². The zero-order valence-corrected chi connectivity index (χ0v) is 13.3. The number of halogens is 2. The molecular formula is C11H21Cl2N3OS. The highest BCUT2D eigenvalue weighted by Gasteiger charge is 2.11. The SMILES string of the molecule is CCc1nc(CNC(=O)C(C)CNC)cs1.Cl.Cl. The van der Waals surface area contributed by atoms with E-state index >= 15 is 0 Å². The quantitative estimate of drug-likeness (QED) is 0.845. The average Bonchev–Trinajstić information content (AvgIpc) is 2.74. The molecule has 0 spiro atoms. The van der Waals surface area contributed by atoms with Crippen molar-refractivity contribution >= 4 is 42.1 Å². The molecule has 0 aliphatic rings. The van der Waals surface area contributed by atoms with E-state index in [0.717, 1.165) is 17.1 Å². The second-order valence-corrected chi connectivity index (χ2v) is 4.71. The third-order valence-corrected chi connectivity index (χ3v) is 3.35. The van der Waals surface area contributed by atoms with Gasteiger partial charge in [0.2, 0.25) is 5.91 Å². The van der Waals surface area contributed by atoms with E-state index in [1.54, 1.807) is 11.3 Å². The number of hydrogen-bond acceptors (Lipinski definition) is 4. The first kappa shape index (κ1) is 20.0. The summed E-state index contributed by atoms with van der Waals surface area (Å²) in [5.74, 6) is 0.0645. The number of nitrogens with zero attached hydrogens (tertiary/aromatic N) is 1. The summed E-state index contributed by atoms with van der Waals surface area (Å²) in [6, 6.07) is 0. The number of hydrogen-bond donors (Lipinski definition) is 2. The van der Waals surface area contributed by atoms with Gasteiger partial charge in [-0.25, -0.2) is 4.98 Å². The van der Waals surface area contributed by atoms with E-state index in [9.17, 15) is 4.79 Å². The van der Waals surface area contributed by atoms with Gasteiger partial charge in [0.25, 0.3) is 0 Å². The molecule has 1 atom stereocenters. The summed E-state index contributed by atoms with van der Waals surface area (Å²) >= 11 is 1.65. The second kappa shape index (κ2) is 10.6. The minimum atomic E-state index is -0.00530. The average molecular weight is 314 g/mol. The molecule has 1 aromatic rings.